The molecule has 2 nitrogen and oxygen atoms in total. The van der Waals surface area contributed by atoms with Gasteiger partial charge >= 0.3 is 0 Å². The summed E-state index contributed by atoms with van der Waals surface area (Å²) in [7, 11) is 0. The summed E-state index contributed by atoms with van der Waals surface area (Å²) in [5.74, 6) is 0. The molecule has 0 atom stereocenters. The third kappa shape index (κ3) is 1.89. The van der Waals surface area contributed by atoms with Gasteiger partial charge in [0, 0.05) is 11.1 Å². The van der Waals surface area contributed by atoms with Crippen LogP contribution in [0, 0.1) is 13.8 Å². The SMILES string of the molecule is CC.Cc1ccc2n[nH]c(C)c2c1. The van der Waals surface area contributed by atoms with Crippen LogP contribution in [-0.2, 0) is 0 Å². The van der Waals surface area contributed by atoms with Gasteiger partial charge in [-0.15, -0.1) is 0 Å². The number of rotatable bonds is 0. The van der Waals surface area contributed by atoms with E-state index in [1.807, 2.05) is 26.8 Å². The van der Waals surface area contributed by atoms with Gasteiger partial charge < -0.3 is 0 Å². The van der Waals surface area contributed by atoms with Crippen LogP contribution in [0.1, 0.15) is 25.1 Å². The number of aryl methyl sites for hydroxylation is 2. The number of aromatic amines is 1. The number of hydrogen-bond donors (Lipinski definition) is 1. The lowest BCUT2D eigenvalue weighted by Crippen LogP contribution is -1.72. The van der Waals surface area contributed by atoms with E-state index in [4.69, 9.17) is 0 Å². The van der Waals surface area contributed by atoms with E-state index in [0.717, 1.165) is 11.2 Å². The summed E-state index contributed by atoms with van der Waals surface area (Å²) >= 11 is 0. The summed E-state index contributed by atoms with van der Waals surface area (Å²) in [6.45, 7) is 8.13. The van der Waals surface area contributed by atoms with Gasteiger partial charge in [0.25, 0.3) is 0 Å². The molecule has 0 aliphatic rings. The van der Waals surface area contributed by atoms with Crippen molar-refractivity contribution < 1.29 is 0 Å². The van der Waals surface area contributed by atoms with Crippen LogP contribution < -0.4 is 0 Å². The molecule has 0 saturated heterocycles. The highest BCUT2D eigenvalue weighted by Crippen LogP contribution is 2.15. The summed E-state index contributed by atoms with van der Waals surface area (Å²) in [5.41, 5.74) is 3.47. The molecule has 1 aromatic heterocycles. The Labute approximate surface area is 79.0 Å². The van der Waals surface area contributed by atoms with Crippen molar-refractivity contribution in [1.82, 2.24) is 10.2 Å². The zero-order valence-electron chi connectivity index (χ0n) is 8.68. The Hall–Kier alpha value is -1.31. The Morgan fingerprint density at radius 2 is 1.85 bits per heavy atom. The molecule has 0 amide bonds. The van der Waals surface area contributed by atoms with Gasteiger partial charge in [0.2, 0.25) is 0 Å². The Kier molecular flexibility index (Phi) is 3.07. The molecule has 1 heterocycles. The van der Waals surface area contributed by atoms with Gasteiger partial charge in [-0.25, -0.2) is 0 Å². The fourth-order valence-corrected chi connectivity index (χ4v) is 1.25. The molecule has 70 valence electrons. The van der Waals surface area contributed by atoms with E-state index in [9.17, 15) is 0 Å². The highest BCUT2D eigenvalue weighted by molar-refractivity contribution is 5.81. The summed E-state index contributed by atoms with van der Waals surface area (Å²) < 4.78 is 0. The smallest absolute Gasteiger partial charge is 0.0923 e. The van der Waals surface area contributed by atoms with Crippen LogP contribution in [0.4, 0.5) is 0 Å². The van der Waals surface area contributed by atoms with Gasteiger partial charge in [-0.05, 0) is 26.0 Å². The summed E-state index contributed by atoms with van der Waals surface area (Å²) in [6, 6.07) is 6.25. The first-order valence-corrected chi connectivity index (χ1v) is 4.69. The average Bonchev–Trinajstić information content (AvgIpc) is 2.52. The number of fused-ring (bicyclic) bond motifs is 1. The minimum Gasteiger partial charge on any atom is -0.282 e. The van der Waals surface area contributed by atoms with Crippen LogP contribution in [0.2, 0.25) is 0 Å². The second-order valence-electron chi connectivity index (χ2n) is 2.87. The second-order valence-corrected chi connectivity index (χ2v) is 2.87. The van der Waals surface area contributed by atoms with Gasteiger partial charge in [-0.1, -0.05) is 25.5 Å². The monoisotopic (exact) mass is 176 g/mol. The van der Waals surface area contributed by atoms with E-state index < -0.39 is 0 Å². The molecule has 0 bridgehead atoms. The van der Waals surface area contributed by atoms with Crippen molar-refractivity contribution in [1.29, 1.82) is 0 Å². The third-order valence-electron chi connectivity index (χ3n) is 1.90. The molecule has 0 unspecified atom stereocenters. The van der Waals surface area contributed by atoms with Crippen molar-refractivity contribution in [3.05, 3.63) is 29.5 Å². The molecule has 0 aliphatic heterocycles. The van der Waals surface area contributed by atoms with Crippen LogP contribution in [0.15, 0.2) is 18.2 Å². The van der Waals surface area contributed by atoms with Crippen molar-refractivity contribution in [3.8, 4) is 0 Å². The first-order valence-electron chi connectivity index (χ1n) is 4.69. The van der Waals surface area contributed by atoms with E-state index in [-0.39, 0.29) is 0 Å². The van der Waals surface area contributed by atoms with Crippen LogP contribution in [0.5, 0.6) is 0 Å². The normalized spacial score (nSPS) is 9.54. The fraction of sp³-hybridized carbons (Fsp3) is 0.364. The van der Waals surface area contributed by atoms with Crippen LogP contribution in [0.3, 0.4) is 0 Å². The summed E-state index contributed by atoms with van der Waals surface area (Å²) in [5, 5.41) is 8.32. The van der Waals surface area contributed by atoms with Crippen molar-refractivity contribution in [3.63, 3.8) is 0 Å². The second kappa shape index (κ2) is 4.08. The van der Waals surface area contributed by atoms with Gasteiger partial charge in [0.15, 0.2) is 0 Å². The number of nitrogens with one attached hydrogen (secondary N) is 1. The molecule has 1 aromatic carbocycles. The van der Waals surface area contributed by atoms with Gasteiger partial charge in [-0.2, -0.15) is 5.10 Å². The molecular formula is C11H16N2. The number of H-pyrrole nitrogens is 1. The van der Waals surface area contributed by atoms with Crippen molar-refractivity contribution in [2.24, 2.45) is 0 Å². The number of aromatic nitrogens is 2. The largest absolute Gasteiger partial charge is 0.282 e. The highest BCUT2D eigenvalue weighted by Gasteiger charge is 1.98. The van der Waals surface area contributed by atoms with E-state index >= 15 is 0 Å². The molecular weight excluding hydrogens is 160 g/mol. The molecule has 2 aromatic rings. The lowest BCUT2D eigenvalue weighted by atomic mass is 10.1. The molecule has 0 saturated carbocycles. The zero-order chi connectivity index (χ0) is 9.84. The minimum absolute atomic E-state index is 1.05. The van der Waals surface area contributed by atoms with Crippen molar-refractivity contribution in [2.45, 2.75) is 27.7 Å². The molecule has 0 spiro atoms. The lowest BCUT2D eigenvalue weighted by molar-refractivity contribution is 1.07. The maximum Gasteiger partial charge on any atom is 0.0923 e. The summed E-state index contributed by atoms with van der Waals surface area (Å²) in [4.78, 5) is 0. The Bertz CT molecular complexity index is 388. The Morgan fingerprint density at radius 3 is 2.54 bits per heavy atom. The molecule has 1 N–H and O–H groups in total. The highest BCUT2D eigenvalue weighted by atomic mass is 15.1. The van der Waals surface area contributed by atoms with Gasteiger partial charge in [-0.3, -0.25) is 5.10 Å². The van der Waals surface area contributed by atoms with E-state index in [2.05, 4.69) is 29.3 Å². The number of nitrogens with zero attached hydrogens (tertiary/aromatic N) is 1. The molecule has 0 radical (unpaired) electrons. The topological polar surface area (TPSA) is 28.7 Å². The predicted octanol–water partition coefficient (Wildman–Crippen LogP) is 3.21. The van der Waals surface area contributed by atoms with E-state index in [0.29, 0.717) is 0 Å². The summed E-state index contributed by atoms with van der Waals surface area (Å²) in [6.07, 6.45) is 0. The van der Waals surface area contributed by atoms with Gasteiger partial charge in [0.05, 0.1) is 5.52 Å². The third-order valence-corrected chi connectivity index (χ3v) is 1.90. The van der Waals surface area contributed by atoms with Gasteiger partial charge in [0.1, 0.15) is 0 Å². The van der Waals surface area contributed by atoms with Crippen LogP contribution >= 0.6 is 0 Å². The first kappa shape index (κ1) is 9.78. The van der Waals surface area contributed by atoms with Crippen molar-refractivity contribution >= 4 is 10.9 Å². The quantitative estimate of drug-likeness (QED) is 0.656. The Morgan fingerprint density at radius 1 is 1.15 bits per heavy atom. The van der Waals surface area contributed by atoms with Crippen LogP contribution in [0.25, 0.3) is 10.9 Å². The maximum absolute atomic E-state index is 4.13. The fourth-order valence-electron chi connectivity index (χ4n) is 1.25. The number of hydrogen-bond acceptors (Lipinski definition) is 1. The molecule has 13 heavy (non-hydrogen) atoms. The minimum atomic E-state index is 1.05. The standard InChI is InChI=1S/C9H10N2.C2H6/c1-6-3-4-9-8(5-6)7(2)10-11-9;1-2/h3-5H,1-2H3,(H,10,11);1-2H3. The van der Waals surface area contributed by atoms with E-state index in [1.54, 1.807) is 0 Å². The lowest BCUT2D eigenvalue weighted by Gasteiger charge is -1.91. The van der Waals surface area contributed by atoms with Crippen molar-refractivity contribution in [2.75, 3.05) is 0 Å². The Balaban J connectivity index is 0.000000396. The maximum atomic E-state index is 4.13. The molecule has 0 aliphatic carbocycles. The first-order chi connectivity index (χ1) is 6.27. The molecule has 2 rings (SSSR count). The van der Waals surface area contributed by atoms with Crippen LogP contribution in [-0.4, -0.2) is 10.2 Å². The molecule has 0 fully saturated rings. The predicted molar refractivity (Wildman–Crippen MR) is 56.9 cm³/mol. The number of benzene rings is 1. The zero-order valence-corrected chi connectivity index (χ0v) is 8.68. The van der Waals surface area contributed by atoms with E-state index in [1.165, 1.54) is 10.9 Å². The average molecular weight is 176 g/mol. The molecule has 2 heteroatoms.